The summed E-state index contributed by atoms with van der Waals surface area (Å²) in [4.78, 5) is 52.0. The molecule has 5 amide bonds. The Balaban J connectivity index is 1.76. The number of imide groups is 2. The summed E-state index contributed by atoms with van der Waals surface area (Å²) >= 11 is 0. The highest BCUT2D eigenvalue weighted by molar-refractivity contribution is 6.44. The quantitative estimate of drug-likeness (QED) is 0.535. The maximum absolute atomic E-state index is 13.1. The molecular weight excluding hydrogens is 370 g/mol. The maximum atomic E-state index is 13.1. The average Bonchev–Trinajstić information content (AvgIpc) is 2.93. The molecule has 1 aliphatic rings. The minimum Gasteiger partial charge on any atom is -0.308 e. The second kappa shape index (κ2) is 8.68. The van der Waals surface area contributed by atoms with Crippen molar-refractivity contribution in [3.05, 3.63) is 65.7 Å². The topological polar surface area (TPSA) is 78.0 Å². The van der Waals surface area contributed by atoms with Gasteiger partial charge in [-0.2, -0.15) is 0 Å². The lowest BCUT2D eigenvalue weighted by atomic mass is 10.1. The molecule has 0 spiro atoms. The predicted molar refractivity (Wildman–Crippen MR) is 108 cm³/mol. The summed E-state index contributed by atoms with van der Waals surface area (Å²) < 4.78 is 0. The van der Waals surface area contributed by atoms with Crippen LogP contribution >= 0.6 is 0 Å². The van der Waals surface area contributed by atoms with Crippen LogP contribution in [0.5, 0.6) is 0 Å². The van der Waals surface area contributed by atoms with E-state index < -0.39 is 17.8 Å². The number of nitrogens with zero attached hydrogens (tertiary/aromatic N) is 3. The van der Waals surface area contributed by atoms with Gasteiger partial charge in [0.05, 0.1) is 6.54 Å². The predicted octanol–water partition coefficient (Wildman–Crippen LogP) is 3.05. The van der Waals surface area contributed by atoms with Crippen LogP contribution < -0.4 is 4.90 Å². The van der Waals surface area contributed by atoms with Gasteiger partial charge in [0.25, 0.3) is 5.91 Å². The maximum Gasteiger partial charge on any atom is 0.334 e. The van der Waals surface area contributed by atoms with Crippen LogP contribution in [0.3, 0.4) is 0 Å². The zero-order chi connectivity index (χ0) is 21.0. The Bertz CT molecular complexity index is 925. The van der Waals surface area contributed by atoms with Gasteiger partial charge < -0.3 is 4.90 Å². The highest BCUT2D eigenvalue weighted by atomic mass is 16.2. The molecule has 0 unspecified atom stereocenters. The summed E-state index contributed by atoms with van der Waals surface area (Å²) in [6, 6.07) is 15.6. The fourth-order valence-electron chi connectivity index (χ4n) is 3.12. The molecule has 0 radical (unpaired) electrons. The van der Waals surface area contributed by atoms with Gasteiger partial charge in [-0.05, 0) is 36.2 Å². The van der Waals surface area contributed by atoms with Gasteiger partial charge in [0.15, 0.2) is 0 Å². The molecule has 0 bridgehead atoms. The molecule has 7 nitrogen and oxygen atoms in total. The number of rotatable bonds is 7. The van der Waals surface area contributed by atoms with Crippen molar-refractivity contribution in [1.82, 2.24) is 9.80 Å². The number of benzene rings is 2. The van der Waals surface area contributed by atoms with Crippen LogP contribution in [-0.4, -0.2) is 47.1 Å². The Hall–Kier alpha value is -3.48. The minimum atomic E-state index is -0.840. The van der Waals surface area contributed by atoms with Crippen LogP contribution in [0.15, 0.2) is 54.6 Å². The molecule has 29 heavy (non-hydrogen) atoms. The van der Waals surface area contributed by atoms with Gasteiger partial charge in [0.2, 0.25) is 0 Å². The van der Waals surface area contributed by atoms with E-state index in [9.17, 15) is 19.2 Å². The van der Waals surface area contributed by atoms with E-state index in [2.05, 4.69) is 6.92 Å². The molecule has 0 aliphatic carbocycles. The van der Waals surface area contributed by atoms with Crippen LogP contribution in [0.2, 0.25) is 0 Å². The summed E-state index contributed by atoms with van der Waals surface area (Å²) in [5.74, 6) is -1.79. The molecule has 0 aromatic heterocycles. The number of likely N-dealkylation sites (N-methyl/N-ethyl adjacent to an activating group) is 1. The summed E-state index contributed by atoms with van der Waals surface area (Å²) in [5.41, 5.74) is 2.01. The number of carbonyl (C=O) groups is 4. The van der Waals surface area contributed by atoms with Gasteiger partial charge in [-0.1, -0.05) is 43.7 Å². The summed E-state index contributed by atoms with van der Waals surface area (Å²) in [5, 5.41) is 0. The van der Waals surface area contributed by atoms with Crippen molar-refractivity contribution in [2.75, 3.05) is 18.5 Å². The number of anilines is 1. The Morgan fingerprint density at radius 3 is 2.14 bits per heavy atom. The number of hydrogen-bond acceptors (Lipinski definition) is 4. The molecule has 150 valence electrons. The van der Waals surface area contributed by atoms with E-state index in [1.807, 2.05) is 30.3 Å². The van der Waals surface area contributed by atoms with Crippen LogP contribution in [0, 0.1) is 0 Å². The zero-order valence-corrected chi connectivity index (χ0v) is 16.5. The molecule has 0 N–H and O–H groups in total. The van der Waals surface area contributed by atoms with E-state index in [0.717, 1.165) is 28.3 Å². The van der Waals surface area contributed by atoms with Crippen molar-refractivity contribution in [2.45, 2.75) is 26.3 Å². The number of amides is 5. The van der Waals surface area contributed by atoms with E-state index >= 15 is 0 Å². The van der Waals surface area contributed by atoms with Crippen LogP contribution in [0.25, 0.3) is 0 Å². The number of urea groups is 1. The third-order valence-electron chi connectivity index (χ3n) is 4.84. The standard InChI is InChI=1S/C22H23N3O4/c1-3-4-14-24(18-8-6-5-7-9-18)19(26)17-12-10-16(11-13-17)15-25-21(28)20(27)23(2)22(25)29/h5-13H,3-4,14-15H2,1-2H3. The molecule has 2 aromatic rings. The van der Waals surface area contributed by atoms with E-state index in [1.165, 1.54) is 7.05 Å². The van der Waals surface area contributed by atoms with Crippen molar-refractivity contribution >= 4 is 29.4 Å². The van der Waals surface area contributed by atoms with E-state index in [1.54, 1.807) is 29.2 Å². The molecule has 3 rings (SSSR count). The SMILES string of the molecule is CCCCN(C(=O)c1ccc(CN2C(=O)C(=O)N(C)C2=O)cc1)c1ccccc1. The lowest BCUT2D eigenvalue weighted by Gasteiger charge is -2.23. The lowest BCUT2D eigenvalue weighted by Crippen LogP contribution is -2.32. The van der Waals surface area contributed by atoms with Crippen LogP contribution in [0.4, 0.5) is 10.5 Å². The molecule has 7 heteroatoms. The average molecular weight is 393 g/mol. The zero-order valence-electron chi connectivity index (χ0n) is 16.5. The number of unbranched alkanes of at least 4 members (excludes halogenated alkanes) is 1. The molecule has 0 atom stereocenters. The van der Waals surface area contributed by atoms with Gasteiger partial charge >= 0.3 is 17.8 Å². The smallest absolute Gasteiger partial charge is 0.308 e. The first-order valence-electron chi connectivity index (χ1n) is 9.53. The Morgan fingerprint density at radius 1 is 0.931 bits per heavy atom. The van der Waals surface area contributed by atoms with E-state index in [4.69, 9.17) is 0 Å². The molecule has 1 aliphatic heterocycles. The first-order chi connectivity index (χ1) is 13.9. The fourth-order valence-corrected chi connectivity index (χ4v) is 3.12. The Kier molecular flexibility index (Phi) is 6.07. The molecule has 1 heterocycles. The van der Waals surface area contributed by atoms with Gasteiger partial charge in [-0.3, -0.25) is 24.2 Å². The Morgan fingerprint density at radius 2 is 1.59 bits per heavy atom. The van der Waals surface area contributed by atoms with Crippen molar-refractivity contribution < 1.29 is 19.2 Å². The number of para-hydroxylation sites is 1. The summed E-state index contributed by atoms with van der Waals surface area (Å²) in [6.07, 6.45) is 1.86. The van der Waals surface area contributed by atoms with E-state index in [0.29, 0.717) is 17.7 Å². The third kappa shape index (κ3) is 4.18. The molecule has 1 saturated heterocycles. The third-order valence-corrected chi connectivity index (χ3v) is 4.84. The minimum absolute atomic E-state index is 0.0134. The fraction of sp³-hybridized carbons (Fsp3) is 0.273. The van der Waals surface area contributed by atoms with E-state index in [-0.39, 0.29) is 12.5 Å². The second-order valence-electron chi connectivity index (χ2n) is 6.88. The van der Waals surface area contributed by atoms with Gasteiger partial charge in [-0.25, -0.2) is 4.79 Å². The van der Waals surface area contributed by atoms with Gasteiger partial charge in [0.1, 0.15) is 0 Å². The number of hydrogen-bond donors (Lipinski definition) is 0. The van der Waals surface area contributed by atoms with Crippen LogP contribution in [-0.2, 0) is 16.1 Å². The van der Waals surface area contributed by atoms with Gasteiger partial charge in [-0.15, -0.1) is 0 Å². The molecule has 0 saturated carbocycles. The highest BCUT2D eigenvalue weighted by Crippen LogP contribution is 2.19. The first kappa shape index (κ1) is 20.3. The van der Waals surface area contributed by atoms with Crippen LogP contribution in [0.1, 0.15) is 35.7 Å². The summed E-state index contributed by atoms with van der Waals surface area (Å²) in [6.45, 7) is 2.68. The molecule has 2 aromatic carbocycles. The van der Waals surface area contributed by atoms with Crippen molar-refractivity contribution in [3.63, 3.8) is 0 Å². The van der Waals surface area contributed by atoms with Crippen molar-refractivity contribution in [2.24, 2.45) is 0 Å². The normalized spacial score (nSPS) is 13.9. The van der Waals surface area contributed by atoms with Crippen molar-refractivity contribution in [3.8, 4) is 0 Å². The highest BCUT2D eigenvalue weighted by Gasteiger charge is 2.41. The monoisotopic (exact) mass is 393 g/mol. The molecule has 1 fully saturated rings. The summed E-state index contributed by atoms with van der Waals surface area (Å²) in [7, 11) is 1.28. The second-order valence-corrected chi connectivity index (χ2v) is 6.88. The Labute approximate surface area is 169 Å². The van der Waals surface area contributed by atoms with Crippen molar-refractivity contribution in [1.29, 1.82) is 0 Å². The largest absolute Gasteiger partial charge is 0.334 e. The molecular formula is C22H23N3O4. The van der Waals surface area contributed by atoms with Gasteiger partial charge in [0, 0.05) is 24.8 Å². The number of carbonyl (C=O) groups excluding carboxylic acids is 4. The lowest BCUT2D eigenvalue weighted by molar-refractivity contribution is -0.143. The first-order valence-corrected chi connectivity index (χ1v) is 9.53.